The third kappa shape index (κ3) is 3.68. The van der Waals surface area contributed by atoms with Gasteiger partial charge in [0.25, 0.3) is 0 Å². The van der Waals surface area contributed by atoms with Crippen LogP contribution in [0.5, 0.6) is 0 Å². The molecule has 0 saturated heterocycles. The molecule has 0 unspecified atom stereocenters. The molecular formula is C15H20N4. The van der Waals surface area contributed by atoms with Crippen LogP contribution >= 0.6 is 0 Å². The van der Waals surface area contributed by atoms with Gasteiger partial charge in [0.15, 0.2) is 0 Å². The van der Waals surface area contributed by atoms with Crippen molar-refractivity contribution in [2.24, 2.45) is 0 Å². The number of hydrogen-bond acceptors (Lipinski definition) is 4. The van der Waals surface area contributed by atoms with Gasteiger partial charge in [-0.2, -0.15) is 4.98 Å². The maximum absolute atomic E-state index is 4.52. The van der Waals surface area contributed by atoms with Crippen LogP contribution in [0.25, 0.3) is 0 Å². The van der Waals surface area contributed by atoms with Crippen molar-refractivity contribution in [2.75, 3.05) is 23.8 Å². The summed E-state index contributed by atoms with van der Waals surface area (Å²) in [6.07, 6.45) is 4.08. The Hall–Kier alpha value is -2.10. The van der Waals surface area contributed by atoms with Gasteiger partial charge in [-0.15, -0.1) is 0 Å². The van der Waals surface area contributed by atoms with Crippen LogP contribution in [0.4, 0.5) is 17.5 Å². The third-order valence-corrected chi connectivity index (χ3v) is 2.94. The van der Waals surface area contributed by atoms with Gasteiger partial charge in [-0.25, -0.2) is 4.98 Å². The molecule has 0 aliphatic carbocycles. The monoisotopic (exact) mass is 256 g/mol. The molecule has 0 amide bonds. The Morgan fingerprint density at radius 1 is 1.16 bits per heavy atom. The predicted molar refractivity (Wildman–Crippen MR) is 79.9 cm³/mol. The minimum Gasteiger partial charge on any atom is -0.354 e. The topological polar surface area (TPSA) is 41.1 Å². The van der Waals surface area contributed by atoms with Crippen LogP contribution in [0.3, 0.4) is 0 Å². The summed E-state index contributed by atoms with van der Waals surface area (Å²) >= 11 is 0. The average molecular weight is 256 g/mol. The van der Waals surface area contributed by atoms with Crippen molar-refractivity contribution in [2.45, 2.75) is 19.8 Å². The predicted octanol–water partition coefficient (Wildman–Crippen LogP) is 3.46. The minimum absolute atomic E-state index is 0.689. The highest BCUT2D eigenvalue weighted by Crippen LogP contribution is 2.21. The summed E-state index contributed by atoms with van der Waals surface area (Å²) in [6, 6.07) is 12.1. The van der Waals surface area contributed by atoms with E-state index in [1.54, 1.807) is 6.20 Å². The molecule has 0 atom stereocenters. The summed E-state index contributed by atoms with van der Waals surface area (Å²) in [4.78, 5) is 10.8. The van der Waals surface area contributed by atoms with E-state index in [1.807, 2.05) is 36.2 Å². The molecule has 4 nitrogen and oxygen atoms in total. The Balaban J connectivity index is 2.10. The van der Waals surface area contributed by atoms with E-state index in [4.69, 9.17) is 0 Å². The molecule has 0 bridgehead atoms. The van der Waals surface area contributed by atoms with Crippen molar-refractivity contribution in [3.05, 3.63) is 42.6 Å². The lowest BCUT2D eigenvalue weighted by Crippen LogP contribution is -2.13. The number of anilines is 3. The number of hydrogen-bond donors (Lipinski definition) is 1. The third-order valence-electron chi connectivity index (χ3n) is 2.94. The van der Waals surface area contributed by atoms with Crippen molar-refractivity contribution in [1.82, 2.24) is 9.97 Å². The first-order chi connectivity index (χ1) is 9.31. The summed E-state index contributed by atoms with van der Waals surface area (Å²) in [5.74, 6) is 1.58. The second kappa shape index (κ2) is 6.73. The molecule has 4 heteroatoms. The fraction of sp³-hybridized carbons (Fsp3) is 0.333. The van der Waals surface area contributed by atoms with Crippen molar-refractivity contribution < 1.29 is 0 Å². The fourth-order valence-corrected chi connectivity index (χ4v) is 1.78. The first-order valence-corrected chi connectivity index (χ1v) is 6.67. The molecule has 1 aromatic heterocycles. The van der Waals surface area contributed by atoms with Gasteiger partial charge in [0, 0.05) is 25.5 Å². The molecule has 0 radical (unpaired) electrons. The van der Waals surface area contributed by atoms with E-state index < -0.39 is 0 Å². The molecule has 19 heavy (non-hydrogen) atoms. The number of unbranched alkanes of at least 4 members (excludes halogenated alkanes) is 1. The highest BCUT2D eigenvalue weighted by Gasteiger charge is 2.05. The minimum atomic E-state index is 0.689. The van der Waals surface area contributed by atoms with Crippen LogP contribution in [0.1, 0.15) is 19.8 Å². The Kier molecular flexibility index (Phi) is 4.72. The van der Waals surface area contributed by atoms with Gasteiger partial charge in [-0.05, 0) is 24.6 Å². The number of benzene rings is 1. The molecule has 0 aliphatic rings. The quantitative estimate of drug-likeness (QED) is 0.804. The number of aromatic nitrogens is 2. The Bertz CT molecular complexity index is 499. The van der Waals surface area contributed by atoms with Crippen molar-refractivity contribution in [1.29, 1.82) is 0 Å². The van der Waals surface area contributed by atoms with Crippen molar-refractivity contribution in [3.63, 3.8) is 0 Å². The van der Waals surface area contributed by atoms with Gasteiger partial charge in [-0.1, -0.05) is 31.5 Å². The number of para-hydroxylation sites is 1. The fourth-order valence-electron chi connectivity index (χ4n) is 1.78. The van der Waals surface area contributed by atoms with Crippen LogP contribution in [0.15, 0.2) is 42.6 Å². The molecule has 0 spiro atoms. The molecule has 0 aliphatic heterocycles. The van der Waals surface area contributed by atoms with Crippen LogP contribution in [-0.2, 0) is 0 Å². The van der Waals surface area contributed by atoms with Crippen LogP contribution in [-0.4, -0.2) is 23.6 Å². The van der Waals surface area contributed by atoms with E-state index in [0.29, 0.717) is 5.95 Å². The highest BCUT2D eigenvalue weighted by molar-refractivity contribution is 5.59. The zero-order valence-corrected chi connectivity index (χ0v) is 11.5. The van der Waals surface area contributed by atoms with Gasteiger partial charge in [0.05, 0.1) is 0 Å². The summed E-state index contributed by atoms with van der Waals surface area (Å²) in [7, 11) is 2.01. The van der Waals surface area contributed by atoms with E-state index >= 15 is 0 Å². The molecule has 0 fully saturated rings. The summed E-state index contributed by atoms with van der Waals surface area (Å²) < 4.78 is 0. The zero-order valence-electron chi connectivity index (χ0n) is 11.5. The van der Waals surface area contributed by atoms with Crippen LogP contribution in [0.2, 0.25) is 0 Å². The lowest BCUT2D eigenvalue weighted by Gasteiger charge is -2.18. The normalized spacial score (nSPS) is 10.2. The average Bonchev–Trinajstić information content (AvgIpc) is 2.48. The number of nitrogens with one attached hydrogen (secondary N) is 1. The number of nitrogens with zero attached hydrogens (tertiary/aromatic N) is 3. The van der Waals surface area contributed by atoms with Gasteiger partial charge < -0.3 is 10.2 Å². The molecule has 2 aromatic rings. The van der Waals surface area contributed by atoms with E-state index in [-0.39, 0.29) is 0 Å². The summed E-state index contributed by atoms with van der Waals surface area (Å²) in [5.41, 5.74) is 1.11. The van der Waals surface area contributed by atoms with Crippen LogP contribution < -0.4 is 10.2 Å². The molecular weight excluding hydrogens is 236 g/mol. The standard InChI is InChI=1S/C15H20N4/c1-3-4-11-16-15-17-12-10-14(18-15)19(2)13-8-6-5-7-9-13/h5-10,12H,3-4,11H2,1-2H3,(H,16,17,18). The summed E-state index contributed by atoms with van der Waals surface area (Å²) in [5, 5.41) is 3.24. The SMILES string of the molecule is CCCCNc1nccc(N(C)c2ccccc2)n1. The molecule has 2 rings (SSSR count). The molecule has 1 aromatic carbocycles. The molecule has 1 heterocycles. The Labute approximate surface area is 114 Å². The Morgan fingerprint density at radius 2 is 1.95 bits per heavy atom. The second-order valence-corrected chi connectivity index (χ2v) is 4.41. The Morgan fingerprint density at radius 3 is 2.68 bits per heavy atom. The zero-order chi connectivity index (χ0) is 13.5. The number of rotatable bonds is 6. The molecule has 1 N–H and O–H groups in total. The maximum atomic E-state index is 4.52. The van der Waals surface area contributed by atoms with E-state index in [2.05, 4.69) is 34.3 Å². The van der Waals surface area contributed by atoms with E-state index in [0.717, 1.165) is 30.9 Å². The highest BCUT2D eigenvalue weighted by atomic mass is 15.2. The molecule has 100 valence electrons. The maximum Gasteiger partial charge on any atom is 0.224 e. The van der Waals surface area contributed by atoms with Crippen LogP contribution in [0, 0.1) is 0 Å². The van der Waals surface area contributed by atoms with Gasteiger partial charge in [0.1, 0.15) is 5.82 Å². The lowest BCUT2D eigenvalue weighted by atomic mass is 10.3. The van der Waals surface area contributed by atoms with Gasteiger partial charge >= 0.3 is 0 Å². The summed E-state index contributed by atoms with van der Waals surface area (Å²) in [6.45, 7) is 3.08. The van der Waals surface area contributed by atoms with E-state index in [9.17, 15) is 0 Å². The van der Waals surface area contributed by atoms with Crippen molar-refractivity contribution >= 4 is 17.5 Å². The smallest absolute Gasteiger partial charge is 0.224 e. The molecule has 0 saturated carbocycles. The first kappa shape index (κ1) is 13.3. The second-order valence-electron chi connectivity index (χ2n) is 4.41. The van der Waals surface area contributed by atoms with Crippen molar-refractivity contribution in [3.8, 4) is 0 Å². The first-order valence-electron chi connectivity index (χ1n) is 6.67. The lowest BCUT2D eigenvalue weighted by molar-refractivity contribution is 0.826. The largest absolute Gasteiger partial charge is 0.354 e. The van der Waals surface area contributed by atoms with Gasteiger partial charge in [0.2, 0.25) is 5.95 Å². The van der Waals surface area contributed by atoms with Gasteiger partial charge in [-0.3, -0.25) is 0 Å². The van der Waals surface area contributed by atoms with E-state index in [1.165, 1.54) is 0 Å².